The molecule has 8 heteroatoms. The number of H-pyrrole nitrogens is 1. The quantitative estimate of drug-likeness (QED) is 0.643. The summed E-state index contributed by atoms with van der Waals surface area (Å²) in [5.74, 6) is 0.140. The number of aromatic nitrogens is 1. The van der Waals surface area contributed by atoms with E-state index >= 15 is 0 Å². The highest BCUT2D eigenvalue weighted by molar-refractivity contribution is 5.93. The average molecular weight is 289 g/mol. The number of hydrogen-bond donors (Lipinski definition) is 2. The van der Waals surface area contributed by atoms with E-state index in [1.807, 2.05) is 0 Å². The zero-order valence-electron chi connectivity index (χ0n) is 10.4. The molecule has 1 aromatic rings. The maximum Gasteiger partial charge on any atom is 0.321 e. The number of piperidine rings is 1. The fraction of sp³-hybridized carbons (Fsp3) is 0.545. The lowest BCUT2D eigenvalue weighted by Crippen LogP contribution is -2.40. The number of amides is 1. The Balaban J connectivity index is 0.00000180. The van der Waals surface area contributed by atoms with Crippen LogP contribution in [0.1, 0.15) is 23.3 Å². The molecule has 7 nitrogen and oxygen atoms in total. The number of carbonyl (C=O) groups excluding carboxylic acids is 1. The number of nitro groups is 1. The summed E-state index contributed by atoms with van der Waals surface area (Å²) in [6.07, 6.45) is 1.79. The first-order valence-corrected chi connectivity index (χ1v) is 5.94. The molecule has 19 heavy (non-hydrogen) atoms. The number of halogens is 1. The first-order chi connectivity index (χ1) is 8.61. The Morgan fingerprint density at radius 1 is 1.47 bits per heavy atom. The van der Waals surface area contributed by atoms with Crippen molar-refractivity contribution in [1.29, 1.82) is 0 Å². The van der Waals surface area contributed by atoms with Crippen molar-refractivity contribution in [2.75, 3.05) is 19.6 Å². The third-order valence-corrected chi connectivity index (χ3v) is 3.33. The number of nitrogens with zero attached hydrogens (tertiary/aromatic N) is 2. The maximum atomic E-state index is 12.1. The second-order valence-corrected chi connectivity index (χ2v) is 4.49. The van der Waals surface area contributed by atoms with Gasteiger partial charge in [0.25, 0.3) is 5.91 Å². The highest BCUT2D eigenvalue weighted by atomic mass is 35.5. The molecule has 1 aliphatic heterocycles. The van der Waals surface area contributed by atoms with E-state index in [4.69, 9.17) is 5.73 Å². The van der Waals surface area contributed by atoms with Crippen LogP contribution in [0.15, 0.2) is 12.1 Å². The highest BCUT2D eigenvalue weighted by Crippen LogP contribution is 2.19. The van der Waals surface area contributed by atoms with Gasteiger partial charge in [-0.25, -0.2) is 4.98 Å². The first kappa shape index (κ1) is 15.5. The average Bonchev–Trinajstić information content (AvgIpc) is 2.88. The van der Waals surface area contributed by atoms with Crippen LogP contribution in [0, 0.1) is 16.0 Å². The number of carbonyl (C=O) groups is 1. The van der Waals surface area contributed by atoms with Crippen molar-refractivity contribution in [3.63, 3.8) is 0 Å². The summed E-state index contributed by atoms with van der Waals surface area (Å²) in [6.45, 7) is 1.97. The van der Waals surface area contributed by atoms with Crippen molar-refractivity contribution < 1.29 is 9.72 Å². The van der Waals surface area contributed by atoms with Crippen LogP contribution in [0.4, 0.5) is 5.82 Å². The molecule has 0 bridgehead atoms. The number of aromatic amines is 1. The Kier molecular flexibility index (Phi) is 5.31. The summed E-state index contributed by atoms with van der Waals surface area (Å²) in [4.78, 5) is 26.3. The standard InChI is InChI=1S/C11H16N4O3.ClH/c12-7-8-3-5-14(6-4-8)11(16)9-1-2-10(13-9)15(17)18;/h1-2,8,13H,3-7,12H2;1H. The molecule has 1 saturated heterocycles. The second kappa shape index (κ2) is 6.53. The van der Waals surface area contributed by atoms with Gasteiger partial charge in [0.2, 0.25) is 0 Å². The minimum Gasteiger partial charge on any atom is -0.358 e. The zero-order chi connectivity index (χ0) is 13.1. The van der Waals surface area contributed by atoms with Gasteiger partial charge >= 0.3 is 5.82 Å². The minimum atomic E-state index is -0.544. The van der Waals surface area contributed by atoms with Crippen molar-refractivity contribution >= 4 is 24.1 Å². The van der Waals surface area contributed by atoms with Gasteiger partial charge in [-0.15, -0.1) is 12.4 Å². The van der Waals surface area contributed by atoms with E-state index in [-0.39, 0.29) is 29.8 Å². The molecule has 3 N–H and O–H groups in total. The molecule has 1 fully saturated rings. The van der Waals surface area contributed by atoms with Crippen LogP contribution >= 0.6 is 12.4 Å². The Morgan fingerprint density at radius 3 is 2.58 bits per heavy atom. The van der Waals surface area contributed by atoms with Gasteiger partial charge in [-0.2, -0.15) is 0 Å². The van der Waals surface area contributed by atoms with Gasteiger partial charge in [0.05, 0.1) is 0 Å². The lowest BCUT2D eigenvalue weighted by Gasteiger charge is -2.30. The number of hydrogen-bond acceptors (Lipinski definition) is 4. The van der Waals surface area contributed by atoms with Crippen molar-refractivity contribution in [3.05, 3.63) is 27.9 Å². The zero-order valence-corrected chi connectivity index (χ0v) is 11.2. The van der Waals surface area contributed by atoms with Crippen molar-refractivity contribution in [1.82, 2.24) is 9.88 Å². The summed E-state index contributed by atoms with van der Waals surface area (Å²) < 4.78 is 0. The minimum absolute atomic E-state index is 0. The van der Waals surface area contributed by atoms with Gasteiger partial charge in [-0.1, -0.05) is 0 Å². The molecular weight excluding hydrogens is 272 g/mol. The van der Waals surface area contributed by atoms with Crippen LogP contribution in [0.3, 0.4) is 0 Å². The third-order valence-electron chi connectivity index (χ3n) is 3.33. The second-order valence-electron chi connectivity index (χ2n) is 4.49. The monoisotopic (exact) mass is 288 g/mol. The largest absolute Gasteiger partial charge is 0.358 e. The van der Waals surface area contributed by atoms with E-state index < -0.39 is 4.92 Å². The summed E-state index contributed by atoms with van der Waals surface area (Å²) in [6, 6.07) is 2.76. The van der Waals surface area contributed by atoms with Crippen LogP contribution in [-0.2, 0) is 0 Å². The fourth-order valence-electron chi connectivity index (χ4n) is 2.16. The Morgan fingerprint density at radius 2 is 2.11 bits per heavy atom. The van der Waals surface area contributed by atoms with E-state index in [9.17, 15) is 14.9 Å². The summed E-state index contributed by atoms with van der Waals surface area (Å²) >= 11 is 0. The molecule has 0 aliphatic carbocycles. The van der Waals surface area contributed by atoms with Crippen LogP contribution in [0.25, 0.3) is 0 Å². The van der Waals surface area contributed by atoms with Gasteiger partial charge in [0, 0.05) is 19.2 Å². The van der Waals surface area contributed by atoms with E-state index in [2.05, 4.69) is 4.98 Å². The number of nitrogens with two attached hydrogens (primary N) is 1. The van der Waals surface area contributed by atoms with Gasteiger partial charge in [-0.3, -0.25) is 4.79 Å². The van der Waals surface area contributed by atoms with Gasteiger partial charge in [0.15, 0.2) is 5.69 Å². The molecule has 106 valence electrons. The molecule has 1 aromatic heterocycles. The first-order valence-electron chi connectivity index (χ1n) is 5.94. The number of likely N-dealkylation sites (tertiary alicyclic amines) is 1. The molecule has 0 aromatic carbocycles. The van der Waals surface area contributed by atoms with E-state index in [0.29, 0.717) is 25.6 Å². The molecule has 2 rings (SSSR count). The molecule has 1 aliphatic rings. The van der Waals surface area contributed by atoms with Crippen LogP contribution in [-0.4, -0.2) is 40.3 Å². The lowest BCUT2D eigenvalue weighted by atomic mass is 9.97. The smallest absolute Gasteiger partial charge is 0.321 e. The van der Waals surface area contributed by atoms with Crippen LogP contribution in [0.2, 0.25) is 0 Å². The van der Waals surface area contributed by atoms with E-state index in [1.54, 1.807) is 4.90 Å². The maximum absolute atomic E-state index is 12.1. The predicted molar refractivity (Wildman–Crippen MR) is 72.4 cm³/mol. The fourth-order valence-corrected chi connectivity index (χ4v) is 2.16. The summed E-state index contributed by atoms with van der Waals surface area (Å²) in [7, 11) is 0. The van der Waals surface area contributed by atoms with Gasteiger partial charge in [-0.05, 0) is 36.3 Å². The van der Waals surface area contributed by atoms with Crippen LogP contribution < -0.4 is 5.73 Å². The third kappa shape index (κ3) is 3.45. The number of rotatable bonds is 3. The Labute approximate surface area is 116 Å². The Hall–Kier alpha value is -1.60. The normalized spacial score (nSPS) is 15.9. The molecule has 2 heterocycles. The highest BCUT2D eigenvalue weighted by Gasteiger charge is 2.25. The molecular formula is C11H17ClN4O3. The van der Waals surface area contributed by atoms with Crippen molar-refractivity contribution in [3.8, 4) is 0 Å². The number of nitrogens with one attached hydrogen (secondary N) is 1. The molecule has 0 saturated carbocycles. The summed E-state index contributed by atoms with van der Waals surface area (Å²) in [5, 5.41) is 10.5. The molecule has 0 spiro atoms. The van der Waals surface area contributed by atoms with Crippen molar-refractivity contribution in [2.45, 2.75) is 12.8 Å². The SMILES string of the molecule is Cl.NCC1CCN(C(=O)c2ccc([N+](=O)[O-])[nH]2)CC1. The predicted octanol–water partition coefficient (Wildman–Crippen LogP) is 1.16. The molecule has 0 atom stereocenters. The van der Waals surface area contributed by atoms with Gasteiger partial charge < -0.3 is 20.7 Å². The topological polar surface area (TPSA) is 105 Å². The molecule has 0 radical (unpaired) electrons. The Bertz CT molecular complexity index is 455. The van der Waals surface area contributed by atoms with Crippen molar-refractivity contribution in [2.24, 2.45) is 11.7 Å². The van der Waals surface area contributed by atoms with E-state index in [1.165, 1.54) is 12.1 Å². The molecule has 0 unspecified atom stereocenters. The molecule has 1 amide bonds. The summed E-state index contributed by atoms with van der Waals surface area (Å²) in [5.41, 5.74) is 5.86. The van der Waals surface area contributed by atoms with E-state index in [0.717, 1.165) is 12.8 Å². The van der Waals surface area contributed by atoms with Gasteiger partial charge in [0.1, 0.15) is 0 Å². The van der Waals surface area contributed by atoms with Crippen LogP contribution in [0.5, 0.6) is 0 Å². The lowest BCUT2D eigenvalue weighted by molar-refractivity contribution is -0.389.